The Labute approximate surface area is 148 Å². The van der Waals surface area contributed by atoms with Crippen molar-refractivity contribution in [3.05, 3.63) is 47.4 Å². The van der Waals surface area contributed by atoms with Crippen molar-refractivity contribution in [3.8, 4) is 5.75 Å². The van der Waals surface area contributed by atoms with Gasteiger partial charge in [-0.05, 0) is 24.1 Å². The van der Waals surface area contributed by atoms with Crippen molar-refractivity contribution < 1.29 is 23.4 Å². The molecule has 1 aromatic heterocycles. The van der Waals surface area contributed by atoms with Gasteiger partial charge in [0.25, 0.3) is 0 Å². The quantitative estimate of drug-likeness (QED) is 0.714. The molecule has 0 amide bonds. The number of carboxylic acids is 1. The van der Waals surface area contributed by atoms with Crippen LogP contribution in [0.1, 0.15) is 31.5 Å². The van der Waals surface area contributed by atoms with Gasteiger partial charge in [-0.15, -0.1) is 11.8 Å². The van der Waals surface area contributed by atoms with Gasteiger partial charge in [0.2, 0.25) is 0 Å². The van der Waals surface area contributed by atoms with Crippen molar-refractivity contribution >= 4 is 17.7 Å². The third kappa shape index (κ3) is 5.67. The first-order valence-electron chi connectivity index (χ1n) is 7.66. The van der Waals surface area contributed by atoms with Crippen LogP contribution in [0, 0.1) is 11.6 Å². The summed E-state index contributed by atoms with van der Waals surface area (Å²) in [5, 5.41) is 9.56. The normalized spacial score (nSPS) is 10.9. The Kier molecular flexibility index (Phi) is 6.69. The van der Waals surface area contributed by atoms with Gasteiger partial charge in [0.05, 0.1) is 0 Å². The summed E-state index contributed by atoms with van der Waals surface area (Å²) in [5.74, 6) is -3.28. The fourth-order valence-electron chi connectivity index (χ4n) is 2.06. The van der Waals surface area contributed by atoms with Crippen LogP contribution in [0.15, 0.2) is 29.6 Å². The average molecular weight is 368 g/mol. The molecule has 1 N–H and O–H groups in total. The van der Waals surface area contributed by atoms with Gasteiger partial charge in [-0.1, -0.05) is 13.8 Å². The summed E-state index contributed by atoms with van der Waals surface area (Å²) in [6, 6.07) is 2.17. The number of hydrogen-bond acceptors (Lipinski definition) is 5. The van der Waals surface area contributed by atoms with Gasteiger partial charge in [-0.2, -0.15) is 0 Å². The molecule has 2 aromatic rings. The van der Waals surface area contributed by atoms with Gasteiger partial charge in [0.1, 0.15) is 17.3 Å². The predicted octanol–water partition coefficient (Wildman–Crippen LogP) is 3.85. The van der Waals surface area contributed by atoms with E-state index in [4.69, 9.17) is 9.84 Å². The Hall–Kier alpha value is -2.22. The van der Waals surface area contributed by atoms with Crippen molar-refractivity contribution in [3.63, 3.8) is 0 Å². The number of aryl methyl sites for hydroxylation is 1. The molecule has 0 atom stereocenters. The summed E-state index contributed by atoms with van der Waals surface area (Å²) in [7, 11) is 0. The smallest absolute Gasteiger partial charge is 0.303 e. The van der Waals surface area contributed by atoms with Gasteiger partial charge < -0.3 is 9.84 Å². The maximum atomic E-state index is 14.1. The number of halogens is 2. The molecular weight excluding hydrogens is 350 g/mol. The molecular formula is C17H18F2N2O3S. The lowest BCUT2D eigenvalue weighted by Crippen LogP contribution is -2.06. The molecule has 25 heavy (non-hydrogen) atoms. The number of thioether (sulfide) groups is 1. The molecule has 0 aliphatic heterocycles. The van der Waals surface area contributed by atoms with Crippen LogP contribution in [-0.4, -0.2) is 26.3 Å². The van der Waals surface area contributed by atoms with E-state index < -0.39 is 23.4 Å². The number of nitrogens with zero attached hydrogens (tertiary/aromatic N) is 2. The maximum absolute atomic E-state index is 14.1. The molecule has 0 radical (unpaired) electrons. The highest BCUT2D eigenvalue weighted by molar-refractivity contribution is 7.99. The fraction of sp³-hybridized carbons (Fsp3) is 0.353. The Morgan fingerprint density at radius 2 is 1.88 bits per heavy atom. The van der Waals surface area contributed by atoms with Crippen LogP contribution in [0.4, 0.5) is 8.78 Å². The lowest BCUT2D eigenvalue weighted by molar-refractivity contribution is -0.136. The number of ether oxygens (including phenoxy) is 1. The minimum absolute atomic E-state index is 0.0444. The monoisotopic (exact) mass is 368 g/mol. The number of carbonyl (C=O) groups is 1. The Balaban J connectivity index is 2.12. The van der Waals surface area contributed by atoms with Crippen molar-refractivity contribution in [1.82, 2.24) is 9.97 Å². The van der Waals surface area contributed by atoms with Crippen LogP contribution < -0.4 is 4.74 Å². The topological polar surface area (TPSA) is 72.3 Å². The van der Waals surface area contributed by atoms with Crippen molar-refractivity contribution in [1.29, 1.82) is 0 Å². The molecule has 1 aromatic carbocycles. The number of rotatable bonds is 8. The van der Waals surface area contributed by atoms with Crippen LogP contribution >= 0.6 is 11.8 Å². The van der Waals surface area contributed by atoms with Crippen LogP contribution in [0.25, 0.3) is 0 Å². The van der Waals surface area contributed by atoms with E-state index in [0.29, 0.717) is 10.7 Å². The average Bonchev–Trinajstić information content (AvgIpc) is 2.53. The summed E-state index contributed by atoms with van der Waals surface area (Å²) in [6.45, 7) is 3.88. The van der Waals surface area contributed by atoms with Gasteiger partial charge in [-0.25, -0.2) is 13.8 Å². The number of carboxylic acid groups (broad SMARTS) is 1. The molecule has 0 aliphatic rings. The molecule has 8 heteroatoms. The largest absolute Gasteiger partial charge is 0.481 e. The van der Waals surface area contributed by atoms with Crippen molar-refractivity contribution in [2.45, 2.75) is 43.6 Å². The molecule has 0 spiro atoms. The Bertz CT molecular complexity index is 733. The zero-order valence-corrected chi connectivity index (χ0v) is 14.6. The summed E-state index contributed by atoms with van der Waals surface area (Å²) in [5.41, 5.74) is 0.759. The van der Waals surface area contributed by atoms with E-state index in [1.54, 1.807) is 6.20 Å². The van der Waals surface area contributed by atoms with E-state index in [2.05, 4.69) is 9.97 Å². The SMILES string of the molecule is CC(C)Sc1nccnc1COc1c(F)cc(CCC(=O)O)cc1F. The van der Waals surface area contributed by atoms with Crippen LogP contribution in [0.3, 0.4) is 0 Å². The molecule has 0 saturated heterocycles. The molecule has 0 bridgehead atoms. The van der Waals surface area contributed by atoms with Gasteiger partial charge in [0, 0.05) is 24.1 Å². The second-order valence-corrected chi connectivity index (χ2v) is 7.11. The summed E-state index contributed by atoms with van der Waals surface area (Å²) in [4.78, 5) is 18.9. The van der Waals surface area contributed by atoms with E-state index >= 15 is 0 Å². The van der Waals surface area contributed by atoms with Gasteiger partial charge >= 0.3 is 5.97 Å². The lowest BCUT2D eigenvalue weighted by atomic mass is 10.1. The van der Waals surface area contributed by atoms with E-state index in [1.165, 1.54) is 18.0 Å². The number of benzene rings is 1. The first kappa shape index (κ1) is 19.1. The third-order valence-electron chi connectivity index (χ3n) is 3.12. The van der Waals surface area contributed by atoms with Crippen LogP contribution in [-0.2, 0) is 17.8 Å². The van der Waals surface area contributed by atoms with E-state index in [1.807, 2.05) is 13.8 Å². The Morgan fingerprint density at radius 3 is 2.48 bits per heavy atom. The molecule has 134 valence electrons. The number of hydrogen-bond donors (Lipinski definition) is 1. The first-order chi connectivity index (χ1) is 11.9. The summed E-state index contributed by atoms with van der Waals surface area (Å²) >= 11 is 1.48. The number of aromatic nitrogens is 2. The van der Waals surface area contributed by atoms with Crippen LogP contribution in [0.2, 0.25) is 0 Å². The van der Waals surface area contributed by atoms with E-state index in [9.17, 15) is 13.6 Å². The molecule has 1 heterocycles. The second-order valence-electron chi connectivity index (χ2n) is 5.55. The lowest BCUT2D eigenvalue weighted by Gasteiger charge is -2.12. The van der Waals surface area contributed by atoms with Crippen molar-refractivity contribution in [2.24, 2.45) is 0 Å². The van der Waals surface area contributed by atoms with Gasteiger partial charge in [-0.3, -0.25) is 9.78 Å². The highest BCUT2D eigenvalue weighted by Gasteiger charge is 2.15. The maximum Gasteiger partial charge on any atom is 0.303 e. The number of aliphatic carboxylic acids is 1. The predicted molar refractivity (Wildman–Crippen MR) is 89.7 cm³/mol. The minimum atomic E-state index is -1.03. The highest BCUT2D eigenvalue weighted by Crippen LogP contribution is 2.27. The minimum Gasteiger partial charge on any atom is -0.481 e. The van der Waals surface area contributed by atoms with E-state index in [-0.39, 0.29) is 30.3 Å². The first-order valence-corrected chi connectivity index (χ1v) is 8.53. The highest BCUT2D eigenvalue weighted by atomic mass is 32.2. The van der Waals surface area contributed by atoms with Crippen LogP contribution in [0.5, 0.6) is 5.75 Å². The second kappa shape index (κ2) is 8.75. The summed E-state index contributed by atoms with van der Waals surface area (Å²) in [6.07, 6.45) is 2.88. The fourth-order valence-corrected chi connectivity index (χ4v) is 2.88. The Morgan fingerprint density at radius 1 is 1.24 bits per heavy atom. The van der Waals surface area contributed by atoms with Gasteiger partial charge in [0.15, 0.2) is 17.4 Å². The molecule has 0 unspecified atom stereocenters. The van der Waals surface area contributed by atoms with E-state index in [0.717, 1.165) is 12.1 Å². The molecule has 0 fully saturated rings. The zero-order chi connectivity index (χ0) is 18.4. The molecule has 0 saturated carbocycles. The molecule has 2 rings (SSSR count). The zero-order valence-electron chi connectivity index (χ0n) is 13.8. The van der Waals surface area contributed by atoms with Crippen molar-refractivity contribution in [2.75, 3.05) is 0 Å². The molecule has 0 aliphatic carbocycles. The third-order valence-corrected chi connectivity index (χ3v) is 4.16. The molecule has 5 nitrogen and oxygen atoms in total. The summed E-state index contributed by atoms with van der Waals surface area (Å²) < 4.78 is 33.5. The standard InChI is InChI=1S/C17H18F2N2O3S/c1-10(2)25-17-14(20-5-6-21-17)9-24-16-12(18)7-11(8-13(16)19)3-4-15(22)23/h5-8,10H,3-4,9H2,1-2H3,(H,22,23).